The molecule has 1 fully saturated rings. The van der Waals surface area contributed by atoms with E-state index in [0.29, 0.717) is 18.0 Å². The van der Waals surface area contributed by atoms with Gasteiger partial charge in [-0.3, -0.25) is 9.59 Å². The van der Waals surface area contributed by atoms with Gasteiger partial charge in [0.1, 0.15) is 6.10 Å². The molecular formula is C18H20N2O3S. The first-order valence-corrected chi connectivity index (χ1v) is 8.82. The lowest BCUT2D eigenvalue weighted by molar-refractivity contribution is -0.124. The molecule has 0 aliphatic carbocycles. The second kappa shape index (κ2) is 7.59. The highest BCUT2D eigenvalue weighted by molar-refractivity contribution is 7.12. The normalized spacial score (nSPS) is 16.8. The number of hydrogen-bond donors (Lipinski definition) is 1. The quantitative estimate of drug-likeness (QED) is 0.906. The van der Waals surface area contributed by atoms with Crippen LogP contribution in [0.25, 0.3) is 0 Å². The summed E-state index contributed by atoms with van der Waals surface area (Å²) in [5.74, 6) is -0.141. The average molecular weight is 344 g/mol. The fourth-order valence-corrected chi connectivity index (χ4v) is 3.41. The monoisotopic (exact) mass is 344 g/mol. The molecule has 2 aromatic rings. The van der Waals surface area contributed by atoms with Gasteiger partial charge >= 0.3 is 0 Å². The van der Waals surface area contributed by atoms with Crippen LogP contribution >= 0.6 is 11.3 Å². The van der Waals surface area contributed by atoms with Crippen LogP contribution in [0, 0.1) is 0 Å². The number of benzene rings is 1. The largest absolute Gasteiger partial charge is 0.368 e. The van der Waals surface area contributed by atoms with Gasteiger partial charge in [0, 0.05) is 25.9 Å². The molecule has 0 radical (unpaired) electrons. The third kappa shape index (κ3) is 3.83. The Balaban J connectivity index is 1.69. The second-order valence-electron chi connectivity index (χ2n) is 5.79. The number of nitrogens with one attached hydrogen (secondary N) is 1. The number of carbonyl (C=O) groups is 2. The third-order valence-corrected chi connectivity index (χ3v) is 4.84. The van der Waals surface area contributed by atoms with E-state index >= 15 is 0 Å². The molecule has 2 heterocycles. The van der Waals surface area contributed by atoms with Crippen molar-refractivity contribution in [2.24, 2.45) is 0 Å². The standard InChI is InChI=1S/C18H20N2O3S/c1-20(18(22)16-9-5-11-24-16)12-13-6-2-3-7-14(13)19-17(21)15-8-4-10-23-15/h2-3,5-7,9,11,15H,4,8,10,12H2,1H3,(H,19,21). The SMILES string of the molecule is CN(Cc1ccccc1NC(=O)C1CCCO1)C(=O)c1cccs1. The molecule has 0 bridgehead atoms. The number of carbonyl (C=O) groups excluding carboxylic acids is 2. The summed E-state index contributed by atoms with van der Waals surface area (Å²) in [6.07, 6.45) is 1.30. The highest BCUT2D eigenvalue weighted by atomic mass is 32.1. The molecule has 0 spiro atoms. The van der Waals surface area contributed by atoms with Crippen molar-refractivity contribution in [2.45, 2.75) is 25.5 Å². The first kappa shape index (κ1) is 16.7. The van der Waals surface area contributed by atoms with Gasteiger partial charge < -0.3 is 15.0 Å². The van der Waals surface area contributed by atoms with Gasteiger partial charge in [-0.05, 0) is 35.9 Å². The average Bonchev–Trinajstić information content (AvgIpc) is 3.29. The van der Waals surface area contributed by atoms with E-state index in [9.17, 15) is 9.59 Å². The summed E-state index contributed by atoms with van der Waals surface area (Å²) in [6, 6.07) is 11.2. The van der Waals surface area contributed by atoms with Crippen molar-refractivity contribution in [3.63, 3.8) is 0 Å². The molecule has 3 rings (SSSR count). The molecule has 1 N–H and O–H groups in total. The van der Waals surface area contributed by atoms with Crippen molar-refractivity contribution < 1.29 is 14.3 Å². The predicted molar refractivity (Wildman–Crippen MR) is 94.2 cm³/mol. The van der Waals surface area contributed by atoms with Crippen LogP contribution in [0.15, 0.2) is 41.8 Å². The highest BCUT2D eigenvalue weighted by Crippen LogP contribution is 2.21. The Morgan fingerprint density at radius 3 is 2.83 bits per heavy atom. The zero-order valence-electron chi connectivity index (χ0n) is 13.5. The number of hydrogen-bond acceptors (Lipinski definition) is 4. The summed E-state index contributed by atoms with van der Waals surface area (Å²) >= 11 is 1.42. The van der Waals surface area contributed by atoms with Crippen molar-refractivity contribution in [3.8, 4) is 0 Å². The third-order valence-electron chi connectivity index (χ3n) is 3.98. The minimum atomic E-state index is -0.372. The lowest BCUT2D eigenvalue weighted by Crippen LogP contribution is -2.29. The lowest BCUT2D eigenvalue weighted by Gasteiger charge is -2.19. The summed E-state index contributed by atoms with van der Waals surface area (Å²) < 4.78 is 5.42. The molecule has 1 atom stereocenters. The van der Waals surface area contributed by atoms with Crippen LogP contribution in [0.1, 0.15) is 28.1 Å². The van der Waals surface area contributed by atoms with Crippen LogP contribution in [-0.4, -0.2) is 36.5 Å². The van der Waals surface area contributed by atoms with Crippen molar-refractivity contribution >= 4 is 28.8 Å². The fraction of sp³-hybridized carbons (Fsp3) is 0.333. The highest BCUT2D eigenvalue weighted by Gasteiger charge is 2.24. The molecule has 2 amide bonds. The number of amides is 2. The van der Waals surface area contributed by atoms with Gasteiger partial charge in [0.05, 0.1) is 4.88 Å². The van der Waals surface area contributed by atoms with E-state index in [1.807, 2.05) is 41.8 Å². The minimum Gasteiger partial charge on any atom is -0.368 e. The molecule has 1 aromatic heterocycles. The van der Waals surface area contributed by atoms with Gasteiger partial charge in [-0.1, -0.05) is 24.3 Å². The minimum absolute atomic E-state index is 0.0229. The number of anilines is 1. The maximum atomic E-state index is 12.4. The molecule has 0 saturated carbocycles. The van der Waals surface area contributed by atoms with Gasteiger partial charge in [0.15, 0.2) is 0 Å². The van der Waals surface area contributed by atoms with Crippen LogP contribution in [0.3, 0.4) is 0 Å². The Bertz CT molecular complexity index is 709. The van der Waals surface area contributed by atoms with Crippen LogP contribution < -0.4 is 5.32 Å². The molecule has 126 valence electrons. The van der Waals surface area contributed by atoms with Gasteiger partial charge in [-0.2, -0.15) is 0 Å². The second-order valence-corrected chi connectivity index (χ2v) is 6.73. The Kier molecular flexibility index (Phi) is 5.27. The summed E-state index contributed by atoms with van der Waals surface area (Å²) in [4.78, 5) is 27.0. The number of nitrogens with zero attached hydrogens (tertiary/aromatic N) is 1. The van der Waals surface area contributed by atoms with Crippen molar-refractivity contribution in [1.29, 1.82) is 0 Å². The van der Waals surface area contributed by atoms with E-state index < -0.39 is 0 Å². The van der Waals surface area contributed by atoms with Crippen molar-refractivity contribution in [2.75, 3.05) is 19.0 Å². The first-order chi connectivity index (χ1) is 11.6. The lowest BCUT2D eigenvalue weighted by atomic mass is 10.1. The van der Waals surface area contributed by atoms with Crippen LogP contribution in [0.2, 0.25) is 0 Å². The van der Waals surface area contributed by atoms with E-state index in [2.05, 4.69) is 5.32 Å². The molecule has 1 saturated heterocycles. The van der Waals surface area contributed by atoms with Crippen molar-refractivity contribution in [3.05, 3.63) is 52.2 Å². The van der Waals surface area contributed by atoms with E-state index in [0.717, 1.165) is 24.1 Å². The zero-order chi connectivity index (χ0) is 16.9. The number of rotatable bonds is 5. The van der Waals surface area contributed by atoms with Crippen molar-refractivity contribution in [1.82, 2.24) is 4.90 Å². The molecule has 6 heteroatoms. The molecular weight excluding hydrogens is 324 g/mol. The molecule has 1 aromatic carbocycles. The molecule has 1 aliphatic heterocycles. The Labute approximate surface area is 145 Å². The maximum absolute atomic E-state index is 12.4. The van der Waals surface area contributed by atoms with Gasteiger partial charge in [-0.25, -0.2) is 0 Å². The van der Waals surface area contributed by atoms with E-state index in [1.54, 1.807) is 11.9 Å². The number of para-hydroxylation sites is 1. The van der Waals surface area contributed by atoms with E-state index in [-0.39, 0.29) is 17.9 Å². The Morgan fingerprint density at radius 1 is 1.29 bits per heavy atom. The first-order valence-electron chi connectivity index (χ1n) is 7.94. The topological polar surface area (TPSA) is 58.6 Å². The summed E-state index contributed by atoms with van der Waals surface area (Å²) in [5, 5.41) is 4.82. The number of ether oxygens (including phenoxy) is 1. The number of thiophene rings is 1. The van der Waals surface area contributed by atoms with Gasteiger partial charge in [0.2, 0.25) is 0 Å². The molecule has 1 unspecified atom stereocenters. The smallest absolute Gasteiger partial charge is 0.263 e. The maximum Gasteiger partial charge on any atom is 0.263 e. The van der Waals surface area contributed by atoms with Crippen LogP contribution in [0.4, 0.5) is 5.69 Å². The van der Waals surface area contributed by atoms with E-state index in [1.165, 1.54) is 11.3 Å². The fourth-order valence-electron chi connectivity index (χ4n) is 2.69. The molecule has 24 heavy (non-hydrogen) atoms. The molecule has 5 nitrogen and oxygen atoms in total. The zero-order valence-corrected chi connectivity index (χ0v) is 14.3. The van der Waals surface area contributed by atoms with E-state index in [4.69, 9.17) is 4.74 Å². The summed E-state index contributed by atoms with van der Waals surface area (Å²) in [5.41, 5.74) is 1.63. The summed E-state index contributed by atoms with van der Waals surface area (Å²) in [6.45, 7) is 1.07. The Hall–Kier alpha value is -2.18. The van der Waals surface area contributed by atoms with Gasteiger partial charge in [0.25, 0.3) is 11.8 Å². The summed E-state index contributed by atoms with van der Waals surface area (Å²) in [7, 11) is 1.76. The van der Waals surface area contributed by atoms with Gasteiger partial charge in [-0.15, -0.1) is 11.3 Å². The van der Waals surface area contributed by atoms with Crippen LogP contribution in [0.5, 0.6) is 0 Å². The predicted octanol–water partition coefficient (Wildman–Crippen LogP) is 3.14. The van der Waals surface area contributed by atoms with Crippen LogP contribution in [-0.2, 0) is 16.1 Å². The Morgan fingerprint density at radius 2 is 2.12 bits per heavy atom. The molecule has 1 aliphatic rings.